The summed E-state index contributed by atoms with van der Waals surface area (Å²) in [6.07, 6.45) is 1.91. The highest BCUT2D eigenvalue weighted by atomic mass is 35.5. The first-order chi connectivity index (χ1) is 10.9. The Hall–Kier alpha value is -0.860. The molecule has 1 unspecified atom stereocenters. The van der Waals surface area contributed by atoms with Gasteiger partial charge in [0.2, 0.25) is 10.0 Å². The number of hydrogen-bond acceptors (Lipinski definition) is 5. The second kappa shape index (κ2) is 8.49. The summed E-state index contributed by atoms with van der Waals surface area (Å²) >= 11 is 0. The molecule has 1 aliphatic heterocycles. The van der Waals surface area contributed by atoms with E-state index < -0.39 is 10.0 Å². The summed E-state index contributed by atoms with van der Waals surface area (Å²) in [5, 5.41) is 3.37. The summed E-state index contributed by atoms with van der Waals surface area (Å²) < 4.78 is 38.6. The molecule has 0 radical (unpaired) electrons. The van der Waals surface area contributed by atoms with Crippen LogP contribution in [-0.4, -0.2) is 47.9 Å². The van der Waals surface area contributed by atoms with E-state index >= 15 is 0 Å². The summed E-state index contributed by atoms with van der Waals surface area (Å²) in [5.41, 5.74) is 1.22. The zero-order valence-electron chi connectivity index (χ0n) is 14.6. The average Bonchev–Trinajstić information content (AvgIpc) is 2.97. The van der Waals surface area contributed by atoms with Crippen LogP contribution < -0.4 is 14.8 Å². The number of methoxy groups -OCH3 is 2. The highest BCUT2D eigenvalue weighted by Gasteiger charge is 2.35. The van der Waals surface area contributed by atoms with Crippen LogP contribution in [0.2, 0.25) is 0 Å². The van der Waals surface area contributed by atoms with Gasteiger partial charge < -0.3 is 14.8 Å². The number of benzene rings is 1. The first-order valence-electron chi connectivity index (χ1n) is 7.73. The molecule has 2 N–H and O–H groups in total. The van der Waals surface area contributed by atoms with Crippen LogP contribution in [0.4, 0.5) is 0 Å². The van der Waals surface area contributed by atoms with Crippen LogP contribution in [0, 0.1) is 13.8 Å². The van der Waals surface area contributed by atoms with Gasteiger partial charge in [-0.1, -0.05) is 0 Å². The lowest BCUT2D eigenvalue weighted by molar-refractivity contribution is 0.122. The van der Waals surface area contributed by atoms with Crippen molar-refractivity contribution in [2.75, 3.05) is 33.9 Å². The van der Waals surface area contributed by atoms with Crippen molar-refractivity contribution in [2.45, 2.75) is 37.1 Å². The van der Waals surface area contributed by atoms with Crippen LogP contribution in [0.3, 0.4) is 0 Å². The fraction of sp³-hybridized carbons (Fsp3) is 0.625. The van der Waals surface area contributed by atoms with Crippen LogP contribution in [0.15, 0.2) is 17.0 Å². The van der Waals surface area contributed by atoms with E-state index in [0.29, 0.717) is 29.4 Å². The SMILES string of the molecule is COCC1(CNS(=O)(=O)c2ccc(OC)c(C)c2C)CCCN1.Cl. The molecule has 1 aliphatic rings. The first-order valence-corrected chi connectivity index (χ1v) is 9.21. The van der Waals surface area contributed by atoms with Gasteiger partial charge >= 0.3 is 0 Å². The van der Waals surface area contributed by atoms with Crippen LogP contribution >= 0.6 is 12.4 Å². The monoisotopic (exact) mass is 378 g/mol. The van der Waals surface area contributed by atoms with Gasteiger partial charge in [-0.2, -0.15) is 0 Å². The largest absolute Gasteiger partial charge is 0.496 e. The van der Waals surface area contributed by atoms with Gasteiger partial charge in [-0.3, -0.25) is 0 Å². The summed E-state index contributed by atoms with van der Waals surface area (Å²) in [5.74, 6) is 0.690. The molecular formula is C16H27ClN2O4S. The Kier molecular flexibility index (Phi) is 7.49. The molecule has 2 rings (SSSR count). The molecule has 1 aromatic carbocycles. The van der Waals surface area contributed by atoms with Crippen molar-refractivity contribution in [3.8, 4) is 5.75 Å². The molecule has 0 amide bonds. The second-order valence-electron chi connectivity index (χ2n) is 6.08. The quantitative estimate of drug-likeness (QED) is 0.756. The van der Waals surface area contributed by atoms with E-state index in [1.165, 1.54) is 0 Å². The smallest absolute Gasteiger partial charge is 0.240 e. The van der Waals surface area contributed by atoms with Gasteiger partial charge in [0.05, 0.1) is 24.2 Å². The fourth-order valence-electron chi connectivity index (χ4n) is 3.06. The summed E-state index contributed by atoms with van der Waals surface area (Å²) in [4.78, 5) is 0.293. The third-order valence-corrected chi connectivity index (χ3v) is 6.10. The van der Waals surface area contributed by atoms with Crippen molar-refractivity contribution in [3.63, 3.8) is 0 Å². The molecule has 1 atom stereocenters. The van der Waals surface area contributed by atoms with Gasteiger partial charge in [-0.15, -0.1) is 12.4 Å². The van der Waals surface area contributed by atoms with E-state index in [1.54, 1.807) is 33.3 Å². The Labute approximate surface area is 150 Å². The predicted octanol–water partition coefficient (Wildman–Crippen LogP) is 1.78. The van der Waals surface area contributed by atoms with E-state index in [1.807, 2.05) is 6.92 Å². The molecule has 8 heteroatoms. The minimum Gasteiger partial charge on any atom is -0.496 e. The standard InChI is InChI=1S/C16H26N2O4S.ClH/c1-12-13(2)15(7-6-14(12)22-4)23(19,20)18-10-16(11-21-3)8-5-9-17-16;/h6-7,17-18H,5,8-11H2,1-4H3;1H. The third-order valence-electron chi connectivity index (χ3n) is 4.55. The number of ether oxygens (including phenoxy) is 2. The molecule has 24 heavy (non-hydrogen) atoms. The zero-order chi connectivity index (χ0) is 17.1. The number of halogens is 1. The lowest BCUT2D eigenvalue weighted by Crippen LogP contribution is -2.52. The molecule has 1 fully saturated rings. The van der Waals surface area contributed by atoms with Crippen molar-refractivity contribution in [3.05, 3.63) is 23.3 Å². The molecule has 0 spiro atoms. The van der Waals surface area contributed by atoms with Gasteiger partial charge in [0, 0.05) is 13.7 Å². The molecule has 0 aliphatic carbocycles. The van der Waals surface area contributed by atoms with E-state index in [4.69, 9.17) is 9.47 Å². The maximum absolute atomic E-state index is 12.7. The van der Waals surface area contributed by atoms with Gasteiger partial charge in [-0.05, 0) is 56.5 Å². The van der Waals surface area contributed by atoms with Gasteiger partial charge in [0.1, 0.15) is 5.75 Å². The maximum Gasteiger partial charge on any atom is 0.240 e. The molecule has 0 aromatic heterocycles. The van der Waals surface area contributed by atoms with Crippen LogP contribution in [0.5, 0.6) is 5.75 Å². The van der Waals surface area contributed by atoms with E-state index in [0.717, 1.165) is 24.9 Å². The van der Waals surface area contributed by atoms with E-state index in [-0.39, 0.29) is 17.9 Å². The zero-order valence-corrected chi connectivity index (χ0v) is 16.3. The second-order valence-corrected chi connectivity index (χ2v) is 7.82. The van der Waals surface area contributed by atoms with E-state index in [9.17, 15) is 8.42 Å². The van der Waals surface area contributed by atoms with Crippen molar-refractivity contribution in [2.24, 2.45) is 0 Å². The molecule has 1 saturated heterocycles. The third kappa shape index (κ3) is 4.40. The van der Waals surface area contributed by atoms with Crippen molar-refractivity contribution < 1.29 is 17.9 Å². The molecule has 1 heterocycles. The summed E-state index contributed by atoms with van der Waals surface area (Å²) in [6.45, 7) is 5.33. The molecule has 0 bridgehead atoms. The lowest BCUT2D eigenvalue weighted by atomic mass is 9.99. The molecule has 6 nitrogen and oxygen atoms in total. The topological polar surface area (TPSA) is 76.7 Å². The van der Waals surface area contributed by atoms with Crippen LogP contribution in [0.1, 0.15) is 24.0 Å². The van der Waals surface area contributed by atoms with Gasteiger partial charge in [0.15, 0.2) is 0 Å². The highest BCUT2D eigenvalue weighted by molar-refractivity contribution is 7.89. The highest BCUT2D eigenvalue weighted by Crippen LogP contribution is 2.27. The van der Waals surface area contributed by atoms with E-state index in [2.05, 4.69) is 10.0 Å². The number of nitrogens with one attached hydrogen (secondary N) is 2. The van der Waals surface area contributed by atoms with Crippen LogP contribution in [0.25, 0.3) is 0 Å². The number of rotatable bonds is 7. The first kappa shape index (κ1) is 21.2. The molecule has 138 valence electrons. The van der Waals surface area contributed by atoms with Crippen LogP contribution in [-0.2, 0) is 14.8 Å². The minimum absolute atomic E-state index is 0. The molecular weight excluding hydrogens is 352 g/mol. The molecule has 0 saturated carbocycles. The maximum atomic E-state index is 12.7. The Morgan fingerprint density at radius 2 is 1.96 bits per heavy atom. The summed E-state index contributed by atoms with van der Waals surface area (Å²) in [6, 6.07) is 3.28. The predicted molar refractivity (Wildman–Crippen MR) is 96.7 cm³/mol. The van der Waals surface area contributed by atoms with Crippen molar-refractivity contribution in [1.29, 1.82) is 0 Å². The normalized spacial score (nSPS) is 20.7. The average molecular weight is 379 g/mol. The Morgan fingerprint density at radius 3 is 2.50 bits per heavy atom. The molecule has 1 aromatic rings. The Morgan fingerprint density at radius 1 is 1.25 bits per heavy atom. The summed E-state index contributed by atoms with van der Waals surface area (Å²) in [7, 11) is -0.373. The minimum atomic E-state index is -3.58. The lowest BCUT2D eigenvalue weighted by Gasteiger charge is -2.29. The number of hydrogen-bond donors (Lipinski definition) is 2. The Balaban J connectivity index is 0.00000288. The van der Waals surface area contributed by atoms with Crippen molar-refractivity contribution in [1.82, 2.24) is 10.0 Å². The number of sulfonamides is 1. The van der Waals surface area contributed by atoms with Gasteiger partial charge in [-0.25, -0.2) is 13.1 Å². The Bertz CT molecular complexity index is 658. The van der Waals surface area contributed by atoms with Gasteiger partial charge in [0.25, 0.3) is 0 Å². The van der Waals surface area contributed by atoms with Crippen molar-refractivity contribution >= 4 is 22.4 Å². The fourth-order valence-corrected chi connectivity index (χ4v) is 4.49.